The van der Waals surface area contributed by atoms with Crippen LogP contribution < -0.4 is 10.1 Å². The summed E-state index contributed by atoms with van der Waals surface area (Å²) in [5.41, 5.74) is 0.232. The van der Waals surface area contributed by atoms with Crippen molar-refractivity contribution in [1.82, 2.24) is 10.3 Å². The van der Waals surface area contributed by atoms with Gasteiger partial charge in [0.05, 0.1) is 0 Å². The molecule has 0 amide bonds. The number of hydrogen-bond donors (Lipinski definition) is 1. The van der Waals surface area contributed by atoms with Gasteiger partial charge in [-0.3, -0.25) is 4.98 Å². The van der Waals surface area contributed by atoms with Crippen LogP contribution in [0.15, 0.2) is 42.6 Å². The fourth-order valence-corrected chi connectivity index (χ4v) is 2.07. The quantitative estimate of drug-likeness (QED) is 0.848. The van der Waals surface area contributed by atoms with Crippen LogP contribution in [0.4, 0.5) is 13.2 Å². The molecular weight excluding hydrogens is 317 g/mol. The number of nitrogens with zero attached hydrogens (tertiary/aromatic N) is 1. The fourth-order valence-electron chi connectivity index (χ4n) is 2.07. The second-order valence-corrected chi connectivity index (χ2v) is 6.55. The van der Waals surface area contributed by atoms with E-state index in [0.29, 0.717) is 5.75 Å². The largest absolute Gasteiger partial charge is 0.457 e. The first-order chi connectivity index (χ1) is 11.1. The van der Waals surface area contributed by atoms with Crippen molar-refractivity contribution in [2.75, 3.05) is 6.54 Å². The topological polar surface area (TPSA) is 34.1 Å². The highest BCUT2D eigenvalue weighted by Crippen LogP contribution is 2.31. The van der Waals surface area contributed by atoms with Gasteiger partial charge >= 0.3 is 6.18 Å². The normalized spacial score (nSPS) is 12.2. The van der Waals surface area contributed by atoms with Crippen molar-refractivity contribution in [2.24, 2.45) is 0 Å². The summed E-state index contributed by atoms with van der Waals surface area (Å²) < 4.78 is 43.4. The van der Waals surface area contributed by atoms with Crippen LogP contribution in [0.25, 0.3) is 0 Å². The molecule has 0 atom stereocenters. The van der Waals surface area contributed by atoms with Crippen LogP contribution in [0.1, 0.15) is 32.0 Å². The second-order valence-electron chi connectivity index (χ2n) is 6.55. The van der Waals surface area contributed by atoms with Crippen LogP contribution in [0.3, 0.4) is 0 Å². The summed E-state index contributed by atoms with van der Waals surface area (Å²) in [5.74, 6) is 0.598. The van der Waals surface area contributed by atoms with E-state index in [0.717, 1.165) is 30.8 Å². The maximum Gasteiger partial charge on any atom is 0.433 e. The van der Waals surface area contributed by atoms with Crippen molar-refractivity contribution in [3.05, 3.63) is 53.9 Å². The highest BCUT2D eigenvalue weighted by atomic mass is 19.4. The fraction of sp³-hybridized carbons (Fsp3) is 0.389. The van der Waals surface area contributed by atoms with E-state index in [1.807, 2.05) is 12.1 Å². The standard InChI is InChI=1S/C18H21F3N2O/c1-17(2,3)23-11-8-13-4-6-14(7-5-13)24-15-9-10-22-16(12-15)18(19,20)21/h4-7,9-10,12,23H,8,11H2,1-3H3. The van der Waals surface area contributed by atoms with Crippen molar-refractivity contribution in [3.63, 3.8) is 0 Å². The van der Waals surface area contributed by atoms with Crippen LogP contribution in [-0.2, 0) is 12.6 Å². The Hall–Kier alpha value is -2.08. The third-order valence-electron chi connectivity index (χ3n) is 3.25. The van der Waals surface area contributed by atoms with Crippen LogP contribution in [0, 0.1) is 0 Å². The molecule has 3 nitrogen and oxygen atoms in total. The molecule has 0 saturated heterocycles. The zero-order valence-electron chi connectivity index (χ0n) is 13.9. The van der Waals surface area contributed by atoms with Gasteiger partial charge in [0.25, 0.3) is 0 Å². The number of hydrogen-bond acceptors (Lipinski definition) is 3. The SMILES string of the molecule is CC(C)(C)NCCc1ccc(Oc2ccnc(C(F)(F)F)c2)cc1. The Morgan fingerprint density at radius 1 is 1.00 bits per heavy atom. The van der Waals surface area contributed by atoms with E-state index in [-0.39, 0.29) is 11.3 Å². The summed E-state index contributed by atoms with van der Waals surface area (Å²) in [7, 11) is 0. The molecule has 0 spiro atoms. The predicted molar refractivity (Wildman–Crippen MR) is 87.2 cm³/mol. The Bertz CT molecular complexity index is 661. The van der Waals surface area contributed by atoms with E-state index in [1.54, 1.807) is 12.1 Å². The van der Waals surface area contributed by atoms with Crippen LogP contribution in [0.2, 0.25) is 0 Å². The van der Waals surface area contributed by atoms with Crippen molar-refractivity contribution >= 4 is 0 Å². The van der Waals surface area contributed by atoms with Gasteiger partial charge in [-0.2, -0.15) is 13.2 Å². The molecule has 2 rings (SSSR count). The van der Waals surface area contributed by atoms with E-state index in [2.05, 4.69) is 31.1 Å². The van der Waals surface area contributed by atoms with E-state index in [4.69, 9.17) is 4.74 Å². The van der Waals surface area contributed by atoms with Crippen molar-refractivity contribution < 1.29 is 17.9 Å². The average molecular weight is 338 g/mol. The number of pyridine rings is 1. The smallest absolute Gasteiger partial charge is 0.433 e. The minimum absolute atomic E-state index is 0.0700. The van der Waals surface area contributed by atoms with Gasteiger partial charge < -0.3 is 10.1 Å². The minimum atomic E-state index is -4.48. The van der Waals surface area contributed by atoms with Crippen molar-refractivity contribution in [3.8, 4) is 11.5 Å². The number of nitrogens with one attached hydrogen (secondary N) is 1. The molecule has 0 aliphatic rings. The highest BCUT2D eigenvalue weighted by molar-refractivity contribution is 5.33. The molecule has 1 N–H and O–H groups in total. The van der Waals surface area contributed by atoms with Gasteiger partial charge in [0.15, 0.2) is 0 Å². The lowest BCUT2D eigenvalue weighted by Gasteiger charge is -2.20. The lowest BCUT2D eigenvalue weighted by Crippen LogP contribution is -2.37. The van der Waals surface area contributed by atoms with Gasteiger partial charge in [-0.25, -0.2) is 0 Å². The third-order valence-corrected chi connectivity index (χ3v) is 3.25. The number of aromatic nitrogens is 1. The number of halogens is 3. The number of rotatable bonds is 5. The Kier molecular flexibility index (Phi) is 5.49. The molecule has 0 aliphatic carbocycles. The number of ether oxygens (including phenoxy) is 1. The Morgan fingerprint density at radius 3 is 2.25 bits per heavy atom. The second kappa shape index (κ2) is 7.21. The molecule has 6 heteroatoms. The summed E-state index contributed by atoms with van der Waals surface area (Å²) in [6, 6.07) is 9.61. The van der Waals surface area contributed by atoms with Gasteiger partial charge in [-0.15, -0.1) is 0 Å². The first-order valence-corrected chi connectivity index (χ1v) is 7.68. The summed E-state index contributed by atoms with van der Waals surface area (Å²) in [4.78, 5) is 3.31. The third kappa shape index (κ3) is 5.85. The van der Waals surface area contributed by atoms with Crippen molar-refractivity contribution in [1.29, 1.82) is 0 Å². The lowest BCUT2D eigenvalue weighted by molar-refractivity contribution is -0.141. The molecule has 24 heavy (non-hydrogen) atoms. The van der Waals surface area contributed by atoms with Gasteiger partial charge in [-0.05, 0) is 57.5 Å². The molecular formula is C18H21F3N2O. The molecule has 0 unspecified atom stereocenters. The number of benzene rings is 1. The average Bonchev–Trinajstić information content (AvgIpc) is 2.47. The summed E-state index contributed by atoms with van der Waals surface area (Å²) in [6.45, 7) is 7.17. The molecule has 130 valence electrons. The first kappa shape index (κ1) is 18.3. The Balaban J connectivity index is 1.97. The molecule has 0 fully saturated rings. The van der Waals surface area contributed by atoms with Crippen molar-refractivity contribution in [2.45, 2.75) is 38.9 Å². The van der Waals surface area contributed by atoms with Crippen LogP contribution in [0.5, 0.6) is 11.5 Å². The summed E-state index contributed by atoms with van der Waals surface area (Å²) >= 11 is 0. The Labute approximate surface area is 139 Å². The first-order valence-electron chi connectivity index (χ1n) is 7.68. The summed E-state index contributed by atoms with van der Waals surface area (Å²) in [5, 5.41) is 3.40. The lowest BCUT2D eigenvalue weighted by atomic mass is 10.1. The molecule has 0 saturated carbocycles. The summed E-state index contributed by atoms with van der Waals surface area (Å²) in [6.07, 6.45) is -2.53. The maximum atomic E-state index is 12.6. The van der Waals surface area contributed by atoms with Crippen LogP contribution >= 0.6 is 0 Å². The minimum Gasteiger partial charge on any atom is -0.457 e. The molecule has 0 radical (unpaired) electrons. The van der Waals surface area contributed by atoms with Gasteiger partial charge in [0, 0.05) is 17.8 Å². The molecule has 1 aromatic heterocycles. The van der Waals surface area contributed by atoms with Crippen LogP contribution in [-0.4, -0.2) is 17.1 Å². The van der Waals surface area contributed by atoms with E-state index in [9.17, 15) is 13.2 Å². The zero-order chi connectivity index (χ0) is 17.8. The highest BCUT2D eigenvalue weighted by Gasteiger charge is 2.32. The van der Waals surface area contributed by atoms with E-state index in [1.165, 1.54) is 6.07 Å². The van der Waals surface area contributed by atoms with Gasteiger partial charge in [0.1, 0.15) is 17.2 Å². The van der Waals surface area contributed by atoms with Gasteiger partial charge in [0.2, 0.25) is 0 Å². The number of alkyl halides is 3. The molecule has 1 aromatic carbocycles. The van der Waals surface area contributed by atoms with Gasteiger partial charge in [-0.1, -0.05) is 12.1 Å². The van der Waals surface area contributed by atoms with E-state index < -0.39 is 11.9 Å². The maximum absolute atomic E-state index is 12.6. The monoisotopic (exact) mass is 338 g/mol. The Morgan fingerprint density at radius 2 is 1.67 bits per heavy atom. The molecule has 2 aromatic rings. The molecule has 1 heterocycles. The molecule has 0 bridgehead atoms. The van der Waals surface area contributed by atoms with E-state index >= 15 is 0 Å². The predicted octanol–water partition coefficient (Wildman–Crippen LogP) is 4.82. The molecule has 0 aliphatic heterocycles. The zero-order valence-corrected chi connectivity index (χ0v) is 13.9.